The minimum Gasteiger partial charge on any atom is -0.0625 e. The van der Waals surface area contributed by atoms with Crippen LogP contribution in [0.4, 0.5) is 0 Å². The van der Waals surface area contributed by atoms with Crippen molar-refractivity contribution in [2.75, 3.05) is 0 Å². The minimum atomic E-state index is 0.857. The van der Waals surface area contributed by atoms with Gasteiger partial charge in [0.1, 0.15) is 0 Å². The summed E-state index contributed by atoms with van der Waals surface area (Å²) in [5.41, 5.74) is 0. The second-order valence-electron chi connectivity index (χ2n) is 7.18. The van der Waals surface area contributed by atoms with E-state index in [-0.39, 0.29) is 0 Å². The predicted molar refractivity (Wildman–Crippen MR) is 73.4 cm³/mol. The van der Waals surface area contributed by atoms with Crippen LogP contribution < -0.4 is 0 Å². The lowest BCUT2D eigenvalue weighted by molar-refractivity contribution is 0.0343. The summed E-state index contributed by atoms with van der Waals surface area (Å²) in [4.78, 5) is 0. The summed E-state index contributed by atoms with van der Waals surface area (Å²) in [5, 5.41) is 0. The molecule has 0 bridgehead atoms. The summed E-state index contributed by atoms with van der Waals surface area (Å²) in [6, 6.07) is 0. The van der Waals surface area contributed by atoms with E-state index in [0.717, 1.165) is 41.4 Å². The van der Waals surface area contributed by atoms with Gasteiger partial charge in [0.25, 0.3) is 0 Å². The number of rotatable bonds is 3. The molecule has 0 nitrogen and oxygen atoms in total. The minimum absolute atomic E-state index is 0.857. The first-order valence-corrected chi connectivity index (χ1v) is 7.34. The van der Waals surface area contributed by atoms with Crippen LogP contribution in [-0.2, 0) is 0 Å². The van der Waals surface area contributed by atoms with E-state index in [4.69, 9.17) is 0 Å². The molecule has 16 heavy (non-hydrogen) atoms. The van der Waals surface area contributed by atoms with Gasteiger partial charge in [0.2, 0.25) is 0 Å². The Morgan fingerprint density at radius 3 is 1.69 bits per heavy atom. The molecule has 0 saturated heterocycles. The van der Waals surface area contributed by atoms with Gasteiger partial charge in [0.15, 0.2) is 0 Å². The largest absolute Gasteiger partial charge is 0.0625 e. The molecule has 0 heterocycles. The van der Waals surface area contributed by atoms with Crippen LogP contribution in [0.2, 0.25) is 0 Å². The van der Waals surface area contributed by atoms with Crippen LogP contribution >= 0.6 is 0 Å². The molecule has 0 aromatic heterocycles. The molecule has 1 aliphatic carbocycles. The molecule has 0 aliphatic heterocycles. The fourth-order valence-corrected chi connectivity index (χ4v) is 4.07. The highest BCUT2D eigenvalue weighted by Gasteiger charge is 2.38. The lowest BCUT2D eigenvalue weighted by Crippen LogP contribution is -2.38. The van der Waals surface area contributed by atoms with E-state index in [1.165, 1.54) is 12.8 Å². The monoisotopic (exact) mass is 224 g/mol. The number of hydrogen-bond acceptors (Lipinski definition) is 0. The first kappa shape index (κ1) is 14.1. The van der Waals surface area contributed by atoms with Gasteiger partial charge in [-0.05, 0) is 54.3 Å². The van der Waals surface area contributed by atoms with Crippen molar-refractivity contribution >= 4 is 0 Å². The molecule has 4 atom stereocenters. The molecule has 1 saturated carbocycles. The highest BCUT2D eigenvalue weighted by molar-refractivity contribution is 4.88. The molecule has 1 aliphatic rings. The van der Waals surface area contributed by atoms with Crippen LogP contribution in [0.3, 0.4) is 0 Å². The Morgan fingerprint density at radius 2 is 1.31 bits per heavy atom. The van der Waals surface area contributed by atoms with E-state index in [1.807, 2.05) is 0 Å². The summed E-state index contributed by atoms with van der Waals surface area (Å²) in [5.74, 6) is 6.39. The van der Waals surface area contributed by atoms with Crippen LogP contribution in [0.1, 0.15) is 61.3 Å². The van der Waals surface area contributed by atoms with Crippen LogP contribution in [0.25, 0.3) is 0 Å². The molecule has 96 valence electrons. The normalized spacial score (nSPS) is 36.4. The van der Waals surface area contributed by atoms with Crippen molar-refractivity contribution in [3.8, 4) is 0 Å². The second-order valence-corrected chi connectivity index (χ2v) is 7.18. The fourth-order valence-electron chi connectivity index (χ4n) is 4.07. The average molecular weight is 224 g/mol. The zero-order valence-corrected chi connectivity index (χ0v) is 12.5. The molecular formula is C16H32. The van der Waals surface area contributed by atoms with Gasteiger partial charge in [-0.2, -0.15) is 0 Å². The third-order valence-electron chi connectivity index (χ3n) is 4.97. The predicted octanol–water partition coefficient (Wildman–Crippen LogP) is 5.23. The maximum atomic E-state index is 2.49. The van der Waals surface area contributed by atoms with Gasteiger partial charge in [-0.25, -0.2) is 0 Å². The standard InChI is InChI=1S/C16H32/c1-10(2)14-8-13(7)16(12(5)6)15(9-14)11(3)4/h10-16H,8-9H2,1-7H3. The molecular weight excluding hydrogens is 192 g/mol. The Morgan fingerprint density at radius 1 is 0.750 bits per heavy atom. The SMILES string of the molecule is CC(C)C1CC(C)C(C(C)C)C(C(C)C)C1. The van der Waals surface area contributed by atoms with Crippen LogP contribution in [0.15, 0.2) is 0 Å². The van der Waals surface area contributed by atoms with Gasteiger partial charge in [-0.3, -0.25) is 0 Å². The summed E-state index contributed by atoms with van der Waals surface area (Å²) in [7, 11) is 0. The Labute approximate surface area is 103 Å². The smallest absolute Gasteiger partial charge is 0.0334 e. The van der Waals surface area contributed by atoms with E-state index in [0.29, 0.717) is 0 Å². The third-order valence-corrected chi connectivity index (χ3v) is 4.97. The van der Waals surface area contributed by atoms with E-state index >= 15 is 0 Å². The van der Waals surface area contributed by atoms with E-state index in [2.05, 4.69) is 48.5 Å². The van der Waals surface area contributed by atoms with Crippen molar-refractivity contribution in [3.05, 3.63) is 0 Å². The molecule has 0 amide bonds. The summed E-state index contributed by atoms with van der Waals surface area (Å²) in [6.07, 6.45) is 2.94. The zero-order chi connectivity index (χ0) is 12.5. The van der Waals surface area contributed by atoms with E-state index in [1.54, 1.807) is 0 Å². The van der Waals surface area contributed by atoms with Crippen LogP contribution in [-0.4, -0.2) is 0 Å². The van der Waals surface area contributed by atoms with Crippen molar-refractivity contribution in [3.63, 3.8) is 0 Å². The highest BCUT2D eigenvalue weighted by Crippen LogP contribution is 2.46. The molecule has 0 spiro atoms. The zero-order valence-electron chi connectivity index (χ0n) is 12.5. The average Bonchev–Trinajstić information content (AvgIpc) is 2.15. The van der Waals surface area contributed by atoms with Gasteiger partial charge in [-0.15, -0.1) is 0 Å². The van der Waals surface area contributed by atoms with E-state index < -0.39 is 0 Å². The van der Waals surface area contributed by atoms with Gasteiger partial charge in [0.05, 0.1) is 0 Å². The van der Waals surface area contributed by atoms with Gasteiger partial charge < -0.3 is 0 Å². The summed E-state index contributed by atoms with van der Waals surface area (Å²) < 4.78 is 0. The van der Waals surface area contributed by atoms with Crippen LogP contribution in [0, 0.1) is 41.4 Å². The van der Waals surface area contributed by atoms with Gasteiger partial charge in [0, 0.05) is 0 Å². The van der Waals surface area contributed by atoms with E-state index in [9.17, 15) is 0 Å². The first-order valence-electron chi connectivity index (χ1n) is 7.34. The molecule has 4 unspecified atom stereocenters. The fraction of sp³-hybridized carbons (Fsp3) is 1.00. The topological polar surface area (TPSA) is 0 Å². The molecule has 0 N–H and O–H groups in total. The Balaban J connectivity index is 2.80. The number of hydrogen-bond donors (Lipinski definition) is 0. The molecule has 0 radical (unpaired) electrons. The summed E-state index contributed by atoms with van der Waals surface area (Å²) >= 11 is 0. The molecule has 0 heteroatoms. The highest BCUT2D eigenvalue weighted by atomic mass is 14.4. The third kappa shape index (κ3) is 3.02. The van der Waals surface area contributed by atoms with Crippen molar-refractivity contribution in [1.29, 1.82) is 0 Å². The first-order chi connectivity index (χ1) is 7.34. The van der Waals surface area contributed by atoms with Gasteiger partial charge >= 0.3 is 0 Å². The second kappa shape index (κ2) is 5.56. The van der Waals surface area contributed by atoms with Crippen molar-refractivity contribution in [2.45, 2.75) is 61.3 Å². The lowest BCUT2D eigenvalue weighted by atomic mass is 9.60. The lowest BCUT2D eigenvalue weighted by Gasteiger charge is -2.46. The Kier molecular flexibility index (Phi) is 4.88. The Hall–Kier alpha value is 0. The van der Waals surface area contributed by atoms with Gasteiger partial charge in [-0.1, -0.05) is 48.5 Å². The summed E-state index contributed by atoms with van der Waals surface area (Å²) in [6.45, 7) is 17.0. The van der Waals surface area contributed by atoms with Crippen molar-refractivity contribution < 1.29 is 0 Å². The molecule has 1 rings (SSSR count). The maximum absolute atomic E-state index is 2.49. The molecule has 1 fully saturated rings. The Bertz CT molecular complexity index is 202. The quantitative estimate of drug-likeness (QED) is 0.615. The molecule has 0 aromatic carbocycles. The van der Waals surface area contributed by atoms with Crippen molar-refractivity contribution in [1.82, 2.24) is 0 Å². The molecule has 0 aromatic rings. The maximum Gasteiger partial charge on any atom is -0.0334 e. The van der Waals surface area contributed by atoms with Crippen LogP contribution in [0.5, 0.6) is 0 Å². The van der Waals surface area contributed by atoms with Crippen molar-refractivity contribution in [2.24, 2.45) is 41.4 Å².